The first-order chi connectivity index (χ1) is 5.33. The molecule has 2 atom stereocenters. The molecule has 1 heterocycles. The molecule has 0 fully saturated rings. The topological polar surface area (TPSA) is 38.7 Å². The maximum Gasteiger partial charge on any atom is 0.219 e. The van der Waals surface area contributed by atoms with E-state index in [1.54, 1.807) is 25.3 Å². The van der Waals surface area contributed by atoms with E-state index >= 15 is 0 Å². The Morgan fingerprint density at radius 2 is 2.45 bits per heavy atom. The van der Waals surface area contributed by atoms with Gasteiger partial charge in [0.1, 0.15) is 0 Å². The lowest BCUT2D eigenvalue weighted by atomic mass is 10.4. The Labute approximate surface area is 65.9 Å². The van der Waals surface area contributed by atoms with Crippen molar-refractivity contribution < 1.29 is 14.6 Å². The van der Waals surface area contributed by atoms with Gasteiger partial charge in [-0.25, -0.2) is 0 Å². The van der Waals surface area contributed by atoms with E-state index in [9.17, 15) is 0 Å². The van der Waals surface area contributed by atoms with Gasteiger partial charge in [0.2, 0.25) is 6.29 Å². The molecule has 1 rings (SSSR count). The molecule has 62 valence electrons. The summed E-state index contributed by atoms with van der Waals surface area (Å²) in [5, 5.41) is 8.64. The molecule has 1 aliphatic rings. The molecule has 0 amide bonds. The van der Waals surface area contributed by atoms with E-state index in [1.165, 1.54) is 0 Å². The number of hydrogen-bond acceptors (Lipinski definition) is 3. The Hall–Kier alpha value is -0.800. The standard InChI is InChI=1S/C8H12O3/c1-7(6-9)11-8-4-2-3-5-10-8/h2-5,7-9H,6H2,1H3/t7?,8-/m1/s1. The Morgan fingerprint density at radius 3 is 3.00 bits per heavy atom. The lowest BCUT2D eigenvalue weighted by Gasteiger charge is -2.18. The zero-order valence-corrected chi connectivity index (χ0v) is 6.43. The van der Waals surface area contributed by atoms with Crippen molar-refractivity contribution in [3.63, 3.8) is 0 Å². The fourth-order valence-corrected chi connectivity index (χ4v) is 0.718. The highest BCUT2D eigenvalue weighted by Crippen LogP contribution is 2.06. The van der Waals surface area contributed by atoms with Crippen LogP contribution in [0.4, 0.5) is 0 Å². The average molecular weight is 156 g/mol. The summed E-state index contributed by atoms with van der Waals surface area (Å²) in [5.41, 5.74) is 0. The first kappa shape index (κ1) is 8.30. The lowest BCUT2D eigenvalue weighted by molar-refractivity contribution is -0.118. The summed E-state index contributed by atoms with van der Waals surface area (Å²) >= 11 is 0. The molecule has 0 aliphatic carbocycles. The molecule has 3 nitrogen and oxygen atoms in total. The van der Waals surface area contributed by atoms with E-state index in [-0.39, 0.29) is 19.0 Å². The van der Waals surface area contributed by atoms with E-state index in [2.05, 4.69) is 0 Å². The van der Waals surface area contributed by atoms with E-state index in [1.807, 2.05) is 6.08 Å². The predicted octanol–water partition coefficient (Wildman–Crippen LogP) is 0.810. The zero-order chi connectivity index (χ0) is 8.10. The molecule has 11 heavy (non-hydrogen) atoms. The second-order valence-electron chi connectivity index (χ2n) is 2.35. The first-order valence-corrected chi connectivity index (χ1v) is 3.58. The molecule has 3 heteroatoms. The molecule has 0 saturated heterocycles. The van der Waals surface area contributed by atoms with Crippen molar-refractivity contribution >= 4 is 0 Å². The van der Waals surface area contributed by atoms with Gasteiger partial charge in [0.25, 0.3) is 0 Å². The molecule has 0 aromatic heterocycles. The SMILES string of the molecule is CC(CO)O[C@@H]1C=CC=CO1. The van der Waals surface area contributed by atoms with Crippen LogP contribution in [0.5, 0.6) is 0 Å². The fourth-order valence-electron chi connectivity index (χ4n) is 0.718. The maximum atomic E-state index is 8.64. The van der Waals surface area contributed by atoms with Gasteiger partial charge >= 0.3 is 0 Å². The molecule has 0 bridgehead atoms. The number of aliphatic hydroxyl groups is 1. The Kier molecular flexibility index (Phi) is 3.14. The maximum absolute atomic E-state index is 8.64. The Bertz CT molecular complexity index is 163. The van der Waals surface area contributed by atoms with E-state index in [4.69, 9.17) is 14.6 Å². The van der Waals surface area contributed by atoms with Gasteiger partial charge < -0.3 is 14.6 Å². The second-order valence-corrected chi connectivity index (χ2v) is 2.35. The molecule has 0 aromatic rings. The molecule has 1 N–H and O–H groups in total. The number of allylic oxidation sites excluding steroid dienone is 2. The molecule has 0 saturated carbocycles. The summed E-state index contributed by atoms with van der Waals surface area (Å²) < 4.78 is 10.3. The summed E-state index contributed by atoms with van der Waals surface area (Å²) in [7, 11) is 0. The minimum absolute atomic E-state index is 0.0113. The van der Waals surface area contributed by atoms with Crippen molar-refractivity contribution in [3.05, 3.63) is 24.5 Å². The minimum atomic E-state index is -0.345. The summed E-state index contributed by atoms with van der Waals surface area (Å²) in [6, 6.07) is 0. The third-order valence-electron chi connectivity index (χ3n) is 1.29. The third kappa shape index (κ3) is 2.74. The molecular weight excluding hydrogens is 144 g/mol. The number of aliphatic hydroxyl groups excluding tert-OH is 1. The molecular formula is C8H12O3. The van der Waals surface area contributed by atoms with Gasteiger partial charge in [-0.3, -0.25) is 0 Å². The van der Waals surface area contributed by atoms with Gasteiger partial charge in [0, 0.05) is 0 Å². The van der Waals surface area contributed by atoms with Crippen LogP contribution in [0.2, 0.25) is 0 Å². The monoisotopic (exact) mass is 156 g/mol. The van der Waals surface area contributed by atoms with Crippen molar-refractivity contribution in [3.8, 4) is 0 Å². The van der Waals surface area contributed by atoms with Crippen molar-refractivity contribution in [1.82, 2.24) is 0 Å². The quantitative estimate of drug-likeness (QED) is 0.657. The third-order valence-corrected chi connectivity index (χ3v) is 1.29. The van der Waals surface area contributed by atoms with Crippen molar-refractivity contribution in [2.45, 2.75) is 19.3 Å². The normalized spacial score (nSPS) is 24.7. The smallest absolute Gasteiger partial charge is 0.219 e. The Morgan fingerprint density at radius 1 is 1.64 bits per heavy atom. The van der Waals surface area contributed by atoms with Gasteiger partial charge in [-0.15, -0.1) is 0 Å². The highest BCUT2D eigenvalue weighted by Gasteiger charge is 2.09. The van der Waals surface area contributed by atoms with E-state index in [0.29, 0.717) is 0 Å². The lowest BCUT2D eigenvalue weighted by Crippen LogP contribution is -2.22. The molecule has 0 spiro atoms. The summed E-state index contributed by atoms with van der Waals surface area (Å²) in [6.45, 7) is 1.80. The predicted molar refractivity (Wildman–Crippen MR) is 40.8 cm³/mol. The van der Waals surface area contributed by atoms with Crippen LogP contribution >= 0.6 is 0 Å². The van der Waals surface area contributed by atoms with E-state index < -0.39 is 0 Å². The molecule has 0 radical (unpaired) electrons. The van der Waals surface area contributed by atoms with Crippen LogP contribution in [-0.4, -0.2) is 24.1 Å². The van der Waals surface area contributed by atoms with Crippen LogP contribution in [-0.2, 0) is 9.47 Å². The van der Waals surface area contributed by atoms with Gasteiger partial charge in [-0.05, 0) is 19.1 Å². The van der Waals surface area contributed by atoms with Crippen LogP contribution < -0.4 is 0 Å². The van der Waals surface area contributed by atoms with Crippen LogP contribution in [0.25, 0.3) is 0 Å². The van der Waals surface area contributed by atoms with Gasteiger partial charge in [0.15, 0.2) is 0 Å². The van der Waals surface area contributed by atoms with Gasteiger partial charge in [0.05, 0.1) is 19.0 Å². The zero-order valence-electron chi connectivity index (χ0n) is 6.43. The van der Waals surface area contributed by atoms with Crippen molar-refractivity contribution in [2.75, 3.05) is 6.61 Å². The van der Waals surface area contributed by atoms with Crippen LogP contribution in [0.3, 0.4) is 0 Å². The molecule has 1 unspecified atom stereocenters. The summed E-state index contributed by atoms with van der Waals surface area (Å²) in [6.07, 6.45) is 6.45. The highest BCUT2D eigenvalue weighted by molar-refractivity contribution is 5.05. The van der Waals surface area contributed by atoms with Crippen molar-refractivity contribution in [2.24, 2.45) is 0 Å². The van der Waals surface area contributed by atoms with Crippen LogP contribution in [0.1, 0.15) is 6.92 Å². The Balaban J connectivity index is 2.27. The highest BCUT2D eigenvalue weighted by atomic mass is 16.7. The van der Waals surface area contributed by atoms with Crippen LogP contribution in [0, 0.1) is 0 Å². The van der Waals surface area contributed by atoms with Crippen molar-refractivity contribution in [1.29, 1.82) is 0 Å². The fraction of sp³-hybridized carbons (Fsp3) is 0.500. The average Bonchev–Trinajstić information content (AvgIpc) is 2.06. The van der Waals surface area contributed by atoms with Gasteiger partial charge in [-0.2, -0.15) is 0 Å². The molecule has 0 aromatic carbocycles. The first-order valence-electron chi connectivity index (χ1n) is 3.58. The number of rotatable bonds is 3. The van der Waals surface area contributed by atoms with Crippen LogP contribution in [0.15, 0.2) is 24.5 Å². The summed E-state index contributed by atoms with van der Waals surface area (Å²) in [4.78, 5) is 0. The number of hydrogen-bond donors (Lipinski definition) is 1. The number of ether oxygens (including phenoxy) is 2. The molecule has 1 aliphatic heterocycles. The van der Waals surface area contributed by atoms with Gasteiger partial charge in [-0.1, -0.05) is 6.08 Å². The summed E-state index contributed by atoms with van der Waals surface area (Å²) in [5.74, 6) is 0. The largest absolute Gasteiger partial charge is 0.469 e. The van der Waals surface area contributed by atoms with E-state index in [0.717, 1.165) is 0 Å². The minimum Gasteiger partial charge on any atom is -0.469 e. The second kappa shape index (κ2) is 4.16.